The van der Waals surface area contributed by atoms with E-state index in [9.17, 15) is 21.6 Å². The molecule has 0 amide bonds. The predicted molar refractivity (Wildman–Crippen MR) is 66.4 cm³/mol. The number of hydrogen-bond donors (Lipinski definition) is 2. The van der Waals surface area contributed by atoms with Crippen molar-refractivity contribution in [3.8, 4) is 0 Å². The first-order valence-corrected chi connectivity index (χ1v) is 7.74. The third-order valence-corrected chi connectivity index (χ3v) is 3.50. The summed E-state index contributed by atoms with van der Waals surface area (Å²) in [4.78, 5) is 0. The van der Waals surface area contributed by atoms with Crippen molar-refractivity contribution in [3.63, 3.8) is 0 Å². The summed E-state index contributed by atoms with van der Waals surface area (Å²) in [6.45, 7) is 1.62. The van der Waals surface area contributed by atoms with Crippen molar-refractivity contribution in [2.45, 2.75) is 25.9 Å². The molecule has 0 aliphatic heterocycles. The van der Waals surface area contributed by atoms with E-state index in [0.29, 0.717) is 13.0 Å². The van der Waals surface area contributed by atoms with Gasteiger partial charge in [-0.15, -0.1) is 0 Å². The summed E-state index contributed by atoms with van der Waals surface area (Å²) >= 11 is 0. The highest BCUT2D eigenvalue weighted by Crippen LogP contribution is 2.13. The molecule has 0 aromatic heterocycles. The lowest BCUT2D eigenvalue weighted by Gasteiger charge is -2.09. The highest BCUT2D eigenvalue weighted by molar-refractivity contribution is 7.89. The first-order valence-electron chi connectivity index (χ1n) is 6.09. The fourth-order valence-corrected chi connectivity index (χ4v) is 2.28. The standard InChI is InChI=1S/C10H21F3N2O3S/c1-2-4-14-5-3-8-19(16,17)15-6-7-18-9-10(11,12)13/h14-15H,2-9H2,1H3. The van der Waals surface area contributed by atoms with E-state index in [4.69, 9.17) is 0 Å². The smallest absolute Gasteiger partial charge is 0.371 e. The lowest BCUT2D eigenvalue weighted by Crippen LogP contribution is -2.31. The van der Waals surface area contributed by atoms with E-state index in [-0.39, 0.29) is 18.9 Å². The molecule has 5 nitrogen and oxygen atoms in total. The summed E-state index contributed by atoms with van der Waals surface area (Å²) in [5.74, 6) is -0.0526. The SMILES string of the molecule is CCCNCCCS(=O)(=O)NCCOCC(F)(F)F. The number of hydrogen-bond acceptors (Lipinski definition) is 4. The van der Waals surface area contributed by atoms with E-state index in [1.165, 1.54) is 0 Å². The Morgan fingerprint density at radius 2 is 1.84 bits per heavy atom. The Morgan fingerprint density at radius 3 is 2.42 bits per heavy atom. The molecular weight excluding hydrogens is 285 g/mol. The van der Waals surface area contributed by atoms with Crippen LogP contribution in [0.4, 0.5) is 13.2 Å². The van der Waals surface area contributed by atoms with Gasteiger partial charge < -0.3 is 10.1 Å². The van der Waals surface area contributed by atoms with Crippen LogP contribution in [0.5, 0.6) is 0 Å². The van der Waals surface area contributed by atoms with Gasteiger partial charge in [0.25, 0.3) is 0 Å². The topological polar surface area (TPSA) is 67.4 Å². The van der Waals surface area contributed by atoms with Crippen molar-refractivity contribution in [2.24, 2.45) is 0 Å². The first kappa shape index (κ1) is 18.6. The van der Waals surface area contributed by atoms with Crippen LogP contribution < -0.4 is 10.0 Å². The van der Waals surface area contributed by atoms with Gasteiger partial charge in [0, 0.05) is 6.54 Å². The third-order valence-electron chi connectivity index (χ3n) is 2.03. The second-order valence-electron chi connectivity index (χ2n) is 3.98. The average molecular weight is 306 g/mol. The monoisotopic (exact) mass is 306 g/mol. The minimum absolute atomic E-state index is 0.0526. The number of halogens is 3. The number of ether oxygens (including phenoxy) is 1. The number of nitrogens with one attached hydrogen (secondary N) is 2. The van der Waals surface area contributed by atoms with E-state index in [1.54, 1.807) is 0 Å². The zero-order valence-electron chi connectivity index (χ0n) is 10.9. The van der Waals surface area contributed by atoms with Crippen LogP contribution in [0.15, 0.2) is 0 Å². The molecule has 0 aromatic carbocycles. The van der Waals surface area contributed by atoms with Crippen LogP contribution in [0, 0.1) is 0 Å². The van der Waals surface area contributed by atoms with Gasteiger partial charge in [0.15, 0.2) is 0 Å². The molecule has 0 fully saturated rings. The van der Waals surface area contributed by atoms with Crippen molar-refractivity contribution in [2.75, 3.05) is 38.6 Å². The van der Waals surface area contributed by atoms with Gasteiger partial charge in [0.2, 0.25) is 10.0 Å². The Balaban J connectivity index is 3.57. The van der Waals surface area contributed by atoms with Gasteiger partial charge in [-0.05, 0) is 25.9 Å². The molecule has 19 heavy (non-hydrogen) atoms. The van der Waals surface area contributed by atoms with E-state index < -0.39 is 22.8 Å². The molecule has 0 aliphatic rings. The number of alkyl halides is 3. The van der Waals surface area contributed by atoms with Gasteiger partial charge in [-0.25, -0.2) is 13.1 Å². The molecular formula is C10H21F3N2O3S. The molecule has 0 bridgehead atoms. The average Bonchev–Trinajstić information content (AvgIpc) is 2.26. The van der Waals surface area contributed by atoms with Crippen molar-refractivity contribution >= 4 is 10.0 Å². The van der Waals surface area contributed by atoms with Gasteiger partial charge in [-0.3, -0.25) is 0 Å². The van der Waals surface area contributed by atoms with Crippen LogP contribution >= 0.6 is 0 Å². The first-order chi connectivity index (χ1) is 8.77. The maximum atomic E-state index is 11.7. The van der Waals surface area contributed by atoms with Gasteiger partial charge in [0.05, 0.1) is 12.4 Å². The molecule has 0 aliphatic carbocycles. The van der Waals surface area contributed by atoms with Crippen LogP contribution in [-0.2, 0) is 14.8 Å². The number of rotatable bonds is 11. The van der Waals surface area contributed by atoms with Crippen molar-refractivity contribution < 1.29 is 26.3 Å². The van der Waals surface area contributed by atoms with Gasteiger partial charge >= 0.3 is 6.18 Å². The molecule has 0 rings (SSSR count). The van der Waals surface area contributed by atoms with Crippen LogP contribution in [0.1, 0.15) is 19.8 Å². The summed E-state index contributed by atoms with van der Waals surface area (Å²) < 4.78 is 64.4. The second-order valence-corrected chi connectivity index (χ2v) is 5.91. The fraction of sp³-hybridized carbons (Fsp3) is 1.00. The normalized spacial score (nSPS) is 12.8. The lowest BCUT2D eigenvalue weighted by molar-refractivity contribution is -0.173. The van der Waals surface area contributed by atoms with E-state index in [1.807, 2.05) is 6.92 Å². The molecule has 0 unspecified atom stereocenters. The minimum atomic E-state index is -4.39. The summed E-state index contributed by atoms with van der Waals surface area (Å²) in [6.07, 6.45) is -2.95. The Kier molecular flexibility index (Phi) is 9.32. The van der Waals surface area contributed by atoms with Crippen molar-refractivity contribution in [1.29, 1.82) is 0 Å². The predicted octanol–water partition coefficient (Wildman–Crippen LogP) is 0.874. The third kappa shape index (κ3) is 13.8. The Hall–Kier alpha value is -0.380. The summed E-state index contributed by atoms with van der Waals surface area (Å²) in [6, 6.07) is 0. The van der Waals surface area contributed by atoms with Gasteiger partial charge in [-0.2, -0.15) is 13.2 Å². The zero-order chi connectivity index (χ0) is 14.8. The molecule has 9 heteroatoms. The maximum Gasteiger partial charge on any atom is 0.411 e. The quantitative estimate of drug-likeness (QED) is 0.556. The molecule has 0 atom stereocenters. The maximum absolute atomic E-state index is 11.7. The highest BCUT2D eigenvalue weighted by Gasteiger charge is 2.27. The molecule has 0 radical (unpaired) electrons. The van der Waals surface area contributed by atoms with Crippen LogP contribution in [0.2, 0.25) is 0 Å². The van der Waals surface area contributed by atoms with Gasteiger partial charge in [0.1, 0.15) is 6.61 Å². The fourth-order valence-electron chi connectivity index (χ4n) is 1.22. The summed E-state index contributed by atoms with van der Waals surface area (Å²) in [5, 5.41) is 3.06. The van der Waals surface area contributed by atoms with Crippen molar-refractivity contribution in [1.82, 2.24) is 10.0 Å². The molecule has 2 N–H and O–H groups in total. The van der Waals surface area contributed by atoms with Crippen LogP contribution in [0.3, 0.4) is 0 Å². The second kappa shape index (κ2) is 9.51. The largest absolute Gasteiger partial charge is 0.411 e. The molecule has 116 valence electrons. The Labute approximate surface area is 111 Å². The Bertz CT molecular complexity index is 320. The van der Waals surface area contributed by atoms with Crippen LogP contribution in [-0.4, -0.2) is 53.2 Å². The van der Waals surface area contributed by atoms with E-state index in [0.717, 1.165) is 13.0 Å². The van der Waals surface area contributed by atoms with E-state index in [2.05, 4.69) is 14.8 Å². The Morgan fingerprint density at radius 1 is 1.16 bits per heavy atom. The lowest BCUT2D eigenvalue weighted by atomic mass is 10.4. The summed E-state index contributed by atoms with van der Waals surface area (Å²) in [7, 11) is -3.44. The zero-order valence-corrected chi connectivity index (χ0v) is 11.7. The summed E-state index contributed by atoms with van der Waals surface area (Å²) in [5.41, 5.74) is 0. The molecule has 0 heterocycles. The molecule has 0 aromatic rings. The molecule has 0 saturated heterocycles. The highest BCUT2D eigenvalue weighted by atomic mass is 32.2. The number of sulfonamides is 1. The molecule has 0 spiro atoms. The minimum Gasteiger partial charge on any atom is -0.371 e. The van der Waals surface area contributed by atoms with Crippen molar-refractivity contribution in [3.05, 3.63) is 0 Å². The van der Waals surface area contributed by atoms with Gasteiger partial charge in [-0.1, -0.05) is 6.92 Å². The van der Waals surface area contributed by atoms with Crippen LogP contribution in [0.25, 0.3) is 0 Å². The van der Waals surface area contributed by atoms with E-state index >= 15 is 0 Å². The molecule has 0 saturated carbocycles.